The van der Waals surface area contributed by atoms with Gasteiger partial charge in [0.15, 0.2) is 0 Å². The Morgan fingerprint density at radius 1 is 1.61 bits per heavy atom. The van der Waals surface area contributed by atoms with Gasteiger partial charge in [-0.2, -0.15) is 0 Å². The van der Waals surface area contributed by atoms with Crippen molar-refractivity contribution in [2.24, 2.45) is 5.73 Å². The van der Waals surface area contributed by atoms with Crippen molar-refractivity contribution >= 4 is 5.97 Å². The minimum Gasteiger partial charge on any atom is -0.465 e. The zero-order valence-corrected chi connectivity index (χ0v) is 10.8. The molecule has 2 N–H and O–H groups in total. The second kappa shape index (κ2) is 5.03. The molecule has 18 heavy (non-hydrogen) atoms. The smallest absolute Gasteiger partial charge is 0.327 e. The summed E-state index contributed by atoms with van der Waals surface area (Å²) in [5.74, 6) is 0.540. The zero-order chi connectivity index (χ0) is 13.2. The molecule has 1 aliphatic heterocycles. The van der Waals surface area contributed by atoms with E-state index in [0.29, 0.717) is 19.7 Å². The summed E-state index contributed by atoms with van der Waals surface area (Å²) in [6, 6.07) is 0. The Labute approximate surface area is 106 Å². The van der Waals surface area contributed by atoms with Gasteiger partial charge in [-0.3, -0.25) is 9.69 Å². The number of fused-ring (bicyclic) bond motifs is 1. The van der Waals surface area contributed by atoms with Gasteiger partial charge in [0.1, 0.15) is 17.7 Å². The van der Waals surface area contributed by atoms with Crippen LogP contribution in [0, 0.1) is 0 Å². The predicted octanol–water partition coefficient (Wildman–Crippen LogP) is -0.626. The highest BCUT2D eigenvalue weighted by Gasteiger charge is 2.33. The molecule has 1 aromatic heterocycles. The average molecular weight is 253 g/mol. The van der Waals surface area contributed by atoms with Crippen LogP contribution in [0.5, 0.6) is 0 Å². The minimum absolute atomic E-state index is 0.347. The molecule has 2 heterocycles. The normalized spacial score (nSPS) is 19.1. The van der Waals surface area contributed by atoms with Gasteiger partial charge in [-0.15, -0.1) is 10.2 Å². The first-order valence-electron chi connectivity index (χ1n) is 6.08. The number of rotatable bonds is 4. The fourth-order valence-corrected chi connectivity index (χ4v) is 2.08. The topological polar surface area (TPSA) is 86.3 Å². The van der Waals surface area contributed by atoms with Gasteiger partial charge in [0.2, 0.25) is 0 Å². The van der Waals surface area contributed by atoms with Crippen LogP contribution >= 0.6 is 0 Å². The molecule has 0 aliphatic carbocycles. The van der Waals surface area contributed by atoms with Crippen LogP contribution in [0.25, 0.3) is 0 Å². The average Bonchev–Trinajstić information content (AvgIpc) is 2.76. The zero-order valence-electron chi connectivity index (χ0n) is 10.8. The molecule has 0 fully saturated rings. The van der Waals surface area contributed by atoms with Crippen molar-refractivity contribution in [2.75, 3.05) is 19.7 Å². The van der Waals surface area contributed by atoms with Crippen LogP contribution < -0.4 is 5.73 Å². The van der Waals surface area contributed by atoms with Crippen molar-refractivity contribution in [1.29, 1.82) is 0 Å². The van der Waals surface area contributed by atoms with Gasteiger partial charge >= 0.3 is 5.97 Å². The van der Waals surface area contributed by atoms with Crippen LogP contribution in [-0.4, -0.2) is 50.9 Å². The van der Waals surface area contributed by atoms with E-state index in [9.17, 15) is 4.79 Å². The minimum atomic E-state index is -0.988. The third-order valence-electron chi connectivity index (χ3n) is 3.01. The van der Waals surface area contributed by atoms with Gasteiger partial charge in [0, 0.05) is 19.6 Å². The number of nitrogens with two attached hydrogens (primary N) is 1. The summed E-state index contributed by atoms with van der Waals surface area (Å²) in [4.78, 5) is 13.8. The van der Waals surface area contributed by atoms with Crippen molar-refractivity contribution in [3.63, 3.8) is 0 Å². The Bertz CT molecular complexity index is 429. The van der Waals surface area contributed by atoms with Gasteiger partial charge in [0.25, 0.3) is 0 Å². The van der Waals surface area contributed by atoms with Crippen molar-refractivity contribution in [1.82, 2.24) is 19.7 Å². The molecule has 100 valence electrons. The number of carbonyl (C=O) groups excluding carboxylic acids is 1. The third-order valence-corrected chi connectivity index (χ3v) is 3.01. The first-order valence-corrected chi connectivity index (χ1v) is 6.08. The van der Waals surface area contributed by atoms with Crippen molar-refractivity contribution in [3.05, 3.63) is 12.2 Å². The number of carbonyl (C=O) groups is 1. The van der Waals surface area contributed by atoms with E-state index in [4.69, 9.17) is 10.5 Å². The number of hydrogen-bond donors (Lipinski definition) is 1. The molecule has 1 aliphatic rings. The molecule has 1 atom stereocenters. The lowest BCUT2D eigenvalue weighted by Crippen LogP contribution is -2.55. The lowest BCUT2D eigenvalue weighted by molar-refractivity contribution is -0.149. The maximum atomic E-state index is 11.7. The summed E-state index contributed by atoms with van der Waals surface area (Å²) in [5, 5.41) is 7.90. The van der Waals surface area contributed by atoms with E-state index in [1.807, 2.05) is 4.57 Å². The first kappa shape index (κ1) is 13.0. The van der Waals surface area contributed by atoms with E-state index >= 15 is 0 Å². The highest BCUT2D eigenvalue weighted by atomic mass is 16.5. The van der Waals surface area contributed by atoms with Crippen molar-refractivity contribution < 1.29 is 9.53 Å². The monoisotopic (exact) mass is 253 g/mol. The Hall–Kier alpha value is -1.47. The molecular formula is C11H19N5O2. The number of hydrogen-bond acceptors (Lipinski definition) is 6. The summed E-state index contributed by atoms with van der Waals surface area (Å²) in [5.41, 5.74) is 5.03. The lowest BCUT2D eigenvalue weighted by atomic mass is 10.0. The lowest BCUT2D eigenvalue weighted by Gasteiger charge is -2.33. The highest BCUT2D eigenvalue weighted by Crippen LogP contribution is 2.13. The summed E-state index contributed by atoms with van der Waals surface area (Å²) in [6.07, 6.45) is 1.72. The van der Waals surface area contributed by atoms with Crippen molar-refractivity contribution in [2.45, 2.75) is 32.5 Å². The molecule has 1 unspecified atom stereocenters. The highest BCUT2D eigenvalue weighted by molar-refractivity contribution is 5.80. The van der Waals surface area contributed by atoms with Gasteiger partial charge in [0.05, 0.1) is 13.2 Å². The van der Waals surface area contributed by atoms with Gasteiger partial charge in [-0.1, -0.05) is 0 Å². The quantitative estimate of drug-likeness (QED) is 0.719. The van der Waals surface area contributed by atoms with Crippen LogP contribution in [0.15, 0.2) is 6.33 Å². The van der Waals surface area contributed by atoms with E-state index in [0.717, 1.165) is 18.9 Å². The second-order valence-electron chi connectivity index (χ2n) is 4.79. The predicted molar refractivity (Wildman–Crippen MR) is 64.5 cm³/mol. The maximum absolute atomic E-state index is 11.7. The molecule has 0 radical (unpaired) electrons. The summed E-state index contributed by atoms with van der Waals surface area (Å²) in [7, 11) is 0. The fourth-order valence-electron chi connectivity index (χ4n) is 2.08. The summed E-state index contributed by atoms with van der Waals surface area (Å²) in [6.45, 7) is 6.59. The molecule has 0 spiro atoms. The number of esters is 1. The Morgan fingerprint density at radius 2 is 2.39 bits per heavy atom. The number of aromatic nitrogens is 3. The molecule has 0 saturated carbocycles. The second-order valence-corrected chi connectivity index (χ2v) is 4.79. The number of ether oxygens (including phenoxy) is 1. The summed E-state index contributed by atoms with van der Waals surface area (Å²) < 4.78 is 6.99. The third kappa shape index (κ3) is 2.68. The van der Waals surface area contributed by atoms with E-state index in [2.05, 4.69) is 15.1 Å². The molecule has 0 saturated heterocycles. The standard InChI is InChI=1S/C11H19N5O2/c1-3-18-10(17)11(2,12)7-15-4-5-16-8-13-14-9(16)6-15/h8H,3-7,12H2,1-2H3. The van der Waals surface area contributed by atoms with E-state index < -0.39 is 5.54 Å². The van der Waals surface area contributed by atoms with Crippen LogP contribution in [0.3, 0.4) is 0 Å². The Morgan fingerprint density at radius 3 is 3.11 bits per heavy atom. The SMILES string of the molecule is CCOC(=O)C(C)(N)CN1CCn2cnnc2C1. The summed E-state index contributed by atoms with van der Waals surface area (Å²) >= 11 is 0. The molecular weight excluding hydrogens is 234 g/mol. The molecule has 1 aromatic rings. The van der Waals surface area contributed by atoms with Crippen LogP contribution in [-0.2, 0) is 22.6 Å². The number of nitrogens with zero attached hydrogens (tertiary/aromatic N) is 4. The molecule has 0 aromatic carbocycles. The van der Waals surface area contributed by atoms with Crippen molar-refractivity contribution in [3.8, 4) is 0 Å². The van der Waals surface area contributed by atoms with Gasteiger partial charge in [-0.05, 0) is 13.8 Å². The first-order chi connectivity index (χ1) is 8.53. The van der Waals surface area contributed by atoms with E-state index in [1.54, 1.807) is 20.2 Å². The molecule has 7 heteroatoms. The Kier molecular flexibility index (Phi) is 3.63. The fraction of sp³-hybridized carbons (Fsp3) is 0.727. The molecule has 0 bridgehead atoms. The van der Waals surface area contributed by atoms with Gasteiger partial charge in [-0.25, -0.2) is 0 Å². The largest absolute Gasteiger partial charge is 0.465 e. The van der Waals surface area contributed by atoms with Gasteiger partial charge < -0.3 is 15.0 Å². The Balaban J connectivity index is 1.97. The van der Waals surface area contributed by atoms with Crippen LogP contribution in [0.4, 0.5) is 0 Å². The molecule has 2 rings (SSSR count). The maximum Gasteiger partial charge on any atom is 0.327 e. The van der Waals surface area contributed by atoms with E-state index in [-0.39, 0.29) is 5.97 Å². The molecule has 0 amide bonds. The molecule has 7 nitrogen and oxygen atoms in total. The van der Waals surface area contributed by atoms with Crippen LogP contribution in [0.2, 0.25) is 0 Å². The van der Waals surface area contributed by atoms with E-state index in [1.165, 1.54) is 0 Å². The van der Waals surface area contributed by atoms with Crippen LogP contribution in [0.1, 0.15) is 19.7 Å².